The van der Waals surface area contributed by atoms with Gasteiger partial charge in [-0.2, -0.15) is 11.3 Å². The van der Waals surface area contributed by atoms with Crippen LogP contribution in [0.4, 0.5) is 0 Å². The molecule has 0 aromatic carbocycles. The van der Waals surface area contributed by atoms with Crippen molar-refractivity contribution in [1.29, 1.82) is 0 Å². The van der Waals surface area contributed by atoms with E-state index >= 15 is 0 Å². The van der Waals surface area contributed by atoms with Crippen LogP contribution >= 0.6 is 11.3 Å². The summed E-state index contributed by atoms with van der Waals surface area (Å²) in [6, 6.07) is 5.86. The minimum Gasteiger partial charge on any atom is -0.323 e. The van der Waals surface area contributed by atoms with Crippen LogP contribution < -0.4 is 0 Å². The van der Waals surface area contributed by atoms with Crippen molar-refractivity contribution in [3.63, 3.8) is 0 Å². The Morgan fingerprint density at radius 2 is 2.20 bits per heavy atom. The summed E-state index contributed by atoms with van der Waals surface area (Å²) < 4.78 is 9.47. The molecule has 2 heteroatoms. The van der Waals surface area contributed by atoms with E-state index in [9.17, 15) is 0 Å². The first-order valence-corrected chi connectivity index (χ1v) is 3.93. The molecule has 50 valence electrons. The largest absolute Gasteiger partial charge is 0.323 e. The molecule has 2 aromatic rings. The van der Waals surface area contributed by atoms with Crippen molar-refractivity contribution in [3.8, 4) is 5.69 Å². The van der Waals surface area contributed by atoms with Gasteiger partial charge in [-0.1, -0.05) is 0 Å². The molecule has 2 rings (SSSR count). The van der Waals surface area contributed by atoms with E-state index in [1.807, 2.05) is 40.5 Å². The average molecular weight is 150 g/mol. The number of aromatic nitrogens is 1. The van der Waals surface area contributed by atoms with Crippen LogP contribution in [0, 0.1) is 0 Å². The average Bonchev–Trinajstić information content (AvgIpc) is 2.55. The molecule has 0 spiro atoms. The Morgan fingerprint density at radius 3 is 2.80 bits per heavy atom. The zero-order valence-electron chi connectivity index (χ0n) is 6.32. The van der Waals surface area contributed by atoms with Gasteiger partial charge in [-0.25, -0.2) is 0 Å². The van der Waals surface area contributed by atoms with Crippen LogP contribution in [-0.2, 0) is 0 Å². The zero-order chi connectivity index (χ0) is 7.68. The molecule has 1 nitrogen and oxygen atoms in total. The molecule has 0 radical (unpaired) electrons. The van der Waals surface area contributed by atoms with Gasteiger partial charge < -0.3 is 4.57 Å². The molecular formula is C8H7NS. The maximum Gasteiger partial charge on any atom is 0.0762 e. The van der Waals surface area contributed by atoms with Crippen LogP contribution in [0.3, 0.4) is 0 Å². The van der Waals surface area contributed by atoms with Crippen molar-refractivity contribution in [1.82, 2.24) is 4.57 Å². The van der Waals surface area contributed by atoms with E-state index in [1.54, 1.807) is 0 Å². The van der Waals surface area contributed by atoms with Gasteiger partial charge in [0.15, 0.2) is 0 Å². The van der Waals surface area contributed by atoms with E-state index in [-0.39, 0.29) is 0 Å². The van der Waals surface area contributed by atoms with Gasteiger partial charge in [-0.15, -0.1) is 0 Å². The van der Waals surface area contributed by atoms with Gasteiger partial charge in [-0.3, -0.25) is 0 Å². The van der Waals surface area contributed by atoms with E-state index in [2.05, 4.69) is 0 Å². The van der Waals surface area contributed by atoms with Gasteiger partial charge in [0, 0.05) is 17.7 Å². The Morgan fingerprint density at radius 1 is 1.40 bits per heavy atom. The van der Waals surface area contributed by atoms with Gasteiger partial charge in [0.2, 0.25) is 0 Å². The van der Waals surface area contributed by atoms with Gasteiger partial charge in [0.1, 0.15) is 0 Å². The first kappa shape index (κ1) is 4.74. The molecule has 2 aromatic heterocycles. The maximum atomic E-state index is 7.52. The van der Waals surface area contributed by atoms with Gasteiger partial charge >= 0.3 is 0 Å². The van der Waals surface area contributed by atoms with Crippen molar-refractivity contribution in [2.24, 2.45) is 0 Å². The Bertz CT molecular complexity index is 337. The molecule has 0 aliphatic heterocycles. The Balaban J connectivity index is 2.53. The standard InChI is InChI=1S/C8H7NS/c1-2-5-9(4-1)8-3-6-10-7-8/h1-7H/i7D. The van der Waals surface area contributed by atoms with Crippen molar-refractivity contribution in [3.05, 3.63) is 41.3 Å². The second-order valence-electron chi connectivity index (χ2n) is 2.00. The summed E-state index contributed by atoms with van der Waals surface area (Å²) in [5, 5.41) is 2.54. The maximum absolute atomic E-state index is 7.52. The SMILES string of the molecule is [2H]c1sccc1-n1cccc1. The Kier molecular flexibility index (Phi) is 1.09. The monoisotopic (exact) mass is 150 g/mol. The summed E-state index contributed by atoms with van der Waals surface area (Å²) in [7, 11) is 0. The summed E-state index contributed by atoms with van der Waals surface area (Å²) >= 11 is 1.45. The van der Waals surface area contributed by atoms with Gasteiger partial charge in [-0.05, 0) is 23.6 Å². The summed E-state index contributed by atoms with van der Waals surface area (Å²) in [6.07, 6.45) is 3.89. The Labute approximate surface area is 65.0 Å². The van der Waals surface area contributed by atoms with E-state index < -0.39 is 0 Å². The molecule has 0 N–H and O–H groups in total. The van der Waals surface area contributed by atoms with Crippen LogP contribution in [0.1, 0.15) is 1.37 Å². The van der Waals surface area contributed by atoms with Gasteiger partial charge in [0.05, 0.1) is 7.06 Å². The molecule has 2 heterocycles. The highest BCUT2D eigenvalue weighted by Crippen LogP contribution is 2.11. The van der Waals surface area contributed by atoms with Gasteiger partial charge in [0.25, 0.3) is 0 Å². The summed E-state index contributed by atoms with van der Waals surface area (Å²) in [4.78, 5) is 0. The van der Waals surface area contributed by atoms with Crippen molar-refractivity contribution in [2.75, 3.05) is 0 Å². The van der Waals surface area contributed by atoms with E-state index in [1.165, 1.54) is 11.3 Å². The fourth-order valence-corrected chi connectivity index (χ4v) is 1.42. The predicted octanol–water partition coefficient (Wildman–Crippen LogP) is 2.54. The highest BCUT2D eigenvalue weighted by molar-refractivity contribution is 7.08. The quantitative estimate of drug-likeness (QED) is 0.588. The van der Waals surface area contributed by atoms with Crippen LogP contribution in [0.25, 0.3) is 5.69 Å². The molecule has 0 saturated carbocycles. The summed E-state index contributed by atoms with van der Waals surface area (Å²) in [6.45, 7) is 0. The summed E-state index contributed by atoms with van der Waals surface area (Å²) in [5.74, 6) is 0. The number of hydrogen-bond acceptors (Lipinski definition) is 1. The van der Waals surface area contributed by atoms with E-state index in [0.29, 0.717) is 5.36 Å². The van der Waals surface area contributed by atoms with Crippen molar-refractivity contribution in [2.45, 2.75) is 0 Å². The number of rotatable bonds is 1. The first-order valence-electron chi connectivity index (χ1n) is 3.55. The smallest absolute Gasteiger partial charge is 0.0762 e. The molecule has 0 aliphatic carbocycles. The number of nitrogens with zero attached hydrogens (tertiary/aromatic N) is 1. The predicted molar refractivity (Wildman–Crippen MR) is 43.6 cm³/mol. The third-order valence-corrected chi connectivity index (χ3v) is 1.94. The lowest BCUT2D eigenvalue weighted by atomic mass is 10.5. The zero-order valence-corrected chi connectivity index (χ0v) is 6.14. The highest BCUT2D eigenvalue weighted by atomic mass is 32.1. The third kappa shape index (κ3) is 0.866. The topological polar surface area (TPSA) is 4.93 Å². The second-order valence-corrected chi connectivity index (χ2v) is 2.71. The minimum atomic E-state index is 0.612. The molecule has 0 unspecified atom stereocenters. The first-order chi connectivity index (χ1) is 5.38. The molecule has 0 bridgehead atoms. The van der Waals surface area contributed by atoms with Crippen LogP contribution in [0.2, 0.25) is 0 Å². The number of thiophene rings is 1. The molecule has 0 amide bonds. The lowest BCUT2D eigenvalue weighted by molar-refractivity contribution is 1.09. The minimum absolute atomic E-state index is 0.612. The van der Waals surface area contributed by atoms with Crippen molar-refractivity contribution < 1.29 is 1.37 Å². The molecule has 0 fully saturated rings. The fourth-order valence-electron chi connectivity index (χ4n) is 0.861. The highest BCUT2D eigenvalue weighted by Gasteiger charge is 1.90. The summed E-state index contributed by atoms with van der Waals surface area (Å²) in [5.41, 5.74) is 0.958. The third-order valence-electron chi connectivity index (χ3n) is 1.34. The molecule has 0 saturated heterocycles. The fraction of sp³-hybridized carbons (Fsp3) is 0. The lowest BCUT2D eigenvalue weighted by Crippen LogP contribution is -1.83. The molecule has 10 heavy (non-hydrogen) atoms. The lowest BCUT2D eigenvalue weighted by Gasteiger charge is -1.94. The van der Waals surface area contributed by atoms with E-state index in [0.717, 1.165) is 5.69 Å². The van der Waals surface area contributed by atoms with Crippen LogP contribution in [0.15, 0.2) is 41.3 Å². The van der Waals surface area contributed by atoms with Crippen molar-refractivity contribution >= 4 is 11.3 Å². The van der Waals surface area contributed by atoms with Crippen LogP contribution in [-0.4, -0.2) is 4.57 Å². The van der Waals surface area contributed by atoms with E-state index in [4.69, 9.17) is 1.37 Å². The van der Waals surface area contributed by atoms with Crippen LogP contribution in [0.5, 0.6) is 0 Å². The number of hydrogen-bond donors (Lipinski definition) is 0. The molecule has 0 atom stereocenters. The molecule has 0 aliphatic rings. The second kappa shape index (κ2) is 2.31. The normalized spacial score (nSPS) is 11.4. The molecular weight excluding hydrogens is 142 g/mol. The Hall–Kier alpha value is -1.02.